The zero-order chi connectivity index (χ0) is 23.2. The summed E-state index contributed by atoms with van der Waals surface area (Å²) in [6.07, 6.45) is 0. The highest BCUT2D eigenvalue weighted by Gasteiger charge is 2.22. The van der Waals surface area contributed by atoms with Gasteiger partial charge >= 0.3 is 5.97 Å². The van der Waals surface area contributed by atoms with Crippen molar-refractivity contribution in [3.8, 4) is 23.0 Å². The molecule has 3 aromatic rings. The van der Waals surface area contributed by atoms with Gasteiger partial charge in [0.1, 0.15) is 24.7 Å². The molecule has 0 fully saturated rings. The molecule has 0 aliphatic carbocycles. The molecule has 4 rings (SSSR count). The fraction of sp³-hybridized carbons (Fsp3) is 0.250. The van der Waals surface area contributed by atoms with E-state index >= 15 is 0 Å². The zero-order valence-corrected chi connectivity index (χ0v) is 19.1. The number of esters is 1. The lowest BCUT2D eigenvalue weighted by molar-refractivity contribution is -0.121. The Hall–Kier alpha value is -3.72. The van der Waals surface area contributed by atoms with E-state index in [1.807, 2.05) is 17.5 Å². The Bertz CT molecular complexity index is 1110. The van der Waals surface area contributed by atoms with Crippen molar-refractivity contribution in [3.63, 3.8) is 0 Å². The third kappa shape index (κ3) is 5.38. The average molecular weight is 470 g/mol. The standard InChI is InChI=1S/C24H23NO7S/c1-28-18-10-16(11-19(13-18)29-2)24(27)32-15-23(26)25(14-20-4-3-9-33-20)17-5-6-21-22(12-17)31-8-7-30-21/h3-6,9-13H,7-8,14-15H2,1-2H3. The molecule has 1 amide bonds. The highest BCUT2D eigenvalue weighted by Crippen LogP contribution is 2.35. The number of anilines is 1. The van der Waals surface area contributed by atoms with Crippen molar-refractivity contribution in [1.29, 1.82) is 0 Å². The second kappa shape index (κ2) is 10.3. The second-order valence-corrected chi connectivity index (χ2v) is 8.10. The zero-order valence-electron chi connectivity index (χ0n) is 18.2. The fourth-order valence-corrected chi connectivity index (χ4v) is 3.99. The molecule has 172 valence electrons. The Labute approximate surface area is 195 Å². The number of hydrogen-bond donors (Lipinski definition) is 0. The number of methoxy groups -OCH3 is 2. The van der Waals surface area contributed by atoms with Crippen LogP contribution in [0.3, 0.4) is 0 Å². The Balaban J connectivity index is 1.51. The summed E-state index contributed by atoms with van der Waals surface area (Å²) in [5, 5.41) is 1.94. The number of fused-ring (bicyclic) bond motifs is 1. The number of benzene rings is 2. The molecule has 2 aromatic carbocycles. The number of ether oxygens (including phenoxy) is 5. The Morgan fingerprint density at radius 3 is 2.36 bits per heavy atom. The van der Waals surface area contributed by atoms with E-state index in [1.165, 1.54) is 37.7 Å². The van der Waals surface area contributed by atoms with E-state index in [1.54, 1.807) is 29.2 Å². The van der Waals surface area contributed by atoms with Crippen LogP contribution in [0.1, 0.15) is 15.2 Å². The largest absolute Gasteiger partial charge is 0.497 e. The lowest BCUT2D eigenvalue weighted by Gasteiger charge is -2.25. The molecule has 0 N–H and O–H groups in total. The molecule has 0 unspecified atom stereocenters. The molecule has 2 heterocycles. The van der Waals surface area contributed by atoms with E-state index < -0.39 is 12.6 Å². The first-order valence-electron chi connectivity index (χ1n) is 10.2. The monoisotopic (exact) mass is 469 g/mol. The van der Waals surface area contributed by atoms with Gasteiger partial charge in [-0.3, -0.25) is 4.79 Å². The van der Waals surface area contributed by atoms with Gasteiger partial charge in [0.05, 0.1) is 26.3 Å². The number of thiophene rings is 1. The molecule has 0 radical (unpaired) electrons. The van der Waals surface area contributed by atoms with Gasteiger partial charge in [0, 0.05) is 22.7 Å². The quantitative estimate of drug-likeness (QED) is 0.462. The third-order valence-electron chi connectivity index (χ3n) is 4.95. The van der Waals surface area contributed by atoms with E-state index in [-0.39, 0.29) is 11.5 Å². The van der Waals surface area contributed by atoms with Gasteiger partial charge in [0.25, 0.3) is 5.91 Å². The second-order valence-electron chi connectivity index (χ2n) is 7.06. The highest BCUT2D eigenvalue weighted by atomic mass is 32.1. The Morgan fingerprint density at radius 2 is 1.70 bits per heavy atom. The SMILES string of the molecule is COc1cc(OC)cc(C(=O)OCC(=O)N(Cc2cccs2)c2ccc3c(c2)OCCO3)c1. The van der Waals surface area contributed by atoms with Gasteiger partial charge in [-0.25, -0.2) is 4.79 Å². The van der Waals surface area contributed by atoms with Crippen LogP contribution in [0.15, 0.2) is 53.9 Å². The van der Waals surface area contributed by atoms with Crippen molar-refractivity contribution >= 4 is 28.9 Å². The number of carbonyl (C=O) groups is 2. The summed E-state index contributed by atoms with van der Waals surface area (Å²) in [6, 6.07) is 13.9. The molecule has 0 atom stereocenters. The first-order chi connectivity index (χ1) is 16.1. The molecule has 0 spiro atoms. The van der Waals surface area contributed by atoms with Crippen LogP contribution in [-0.4, -0.2) is 45.9 Å². The lowest BCUT2D eigenvalue weighted by atomic mass is 10.2. The van der Waals surface area contributed by atoms with E-state index in [9.17, 15) is 9.59 Å². The van der Waals surface area contributed by atoms with Crippen molar-refractivity contribution < 1.29 is 33.3 Å². The molecule has 0 bridgehead atoms. The van der Waals surface area contributed by atoms with Crippen LogP contribution >= 0.6 is 11.3 Å². The minimum absolute atomic E-state index is 0.225. The van der Waals surface area contributed by atoms with Crippen LogP contribution in [0.4, 0.5) is 5.69 Å². The van der Waals surface area contributed by atoms with Crippen molar-refractivity contribution in [2.45, 2.75) is 6.54 Å². The number of nitrogens with zero attached hydrogens (tertiary/aromatic N) is 1. The van der Waals surface area contributed by atoms with Crippen LogP contribution in [0, 0.1) is 0 Å². The molecule has 1 aromatic heterocycles. The maximum absolute atomic E-state index is 13.2. The summed E-state index contributed by atoms with van der Waals surface area (Å²) in [5.74, 6) is 1.07. The highest BCUT2D eigenvalue weighted by molar-refractivity contribution is 7.09. The molecule has 0 saturated carbocycles. The van der Waals surface area contributed by atoms with Crippen LogP contribution in [0.2, 0.25) is 0 Å². The van der Waals surface area contributed by atoms with E-state index in [4.69, 9.17) is 23.7 Å². The molecular formula is C24H23NO7S. The van der Waals surface area contributed by atoms with Crippen LogP contribution in [0.5, 0.6) is 23.0 Å². The number of carbonyl (C=O) groups excluding carboxylic acids is 2. The van der Waals surface area contributed by atoms with E-state index in [2.05, 4.69) is 0 Å². The topological polar surface area (TPSA) is 83.5 Å². The smallest absolute Gasteiger partial charge is 0.338 e. The van der Waals surface area contributed by atoms with Crippen molar-refractivity contribution in [1.82, 2.24) is 0 Å². The molecule has 9 heteroatoms. The van der Waals surface area contributed by atoms with E-state index in [0.29, 0.717) is 48.4 Å². The first kappa shape index (κ1) is 22.5. The summed E-state index contributed by atoms with van der Waals surface area (Å²) in [5.41, 5.74) is 0.847. The van der Waals surface area contributed by atoms with Gasteiger partial charge in [-0.1, -0.05) is 6.07 Å². The van der Waals surface area contributed by atoms with Gasteiger partial charge in [-0.05, 0) is 35.7 Å². The van der Waals surface area contributed by atoms with Gasteiger partial charge < -0.3 is 28.6 Å². The fourth-order valence-electron chi connectivity index (χ4n) is 3.30. The van der Waals surface area contributed by atoms with Crippen LogP contribution in [-0.2, 0) is 16.1 Å². The number of amides is 1. The lowest BCUT2D eigenvalue weighted by Crippen LogP contribution is -2.34. The van der Waals surface area contributed by atoms with Crippen molar-refractivity contribution in [2.75, 3.05) is 38.9 Å². The predicted molar refractivity (Wildman–Crippen MR) is 123 cm³/mol. The molecule has 8 nitrogen and oxygen atoms in total. The minimum atomic E-state index is -0.654. The first-order valence-corrected chi connectivity index (χ1v) is 11.1. The summed E-state index contributed by atoms with van der Waals surface area (Å²) < 4.78 is 26.9. The number of rotatable bonds is 8. The van der Waals surface area contributed by atoms with Gasteiger partial charge in [-0.15, -0.1) is 11.3 Å². The maximum Gasteiger partial charge on any atom is 0.338 e. The summed E-state index contributed by atoms with van der Waals surface area (Å²) in [4.78, 5) is 28.3. The maximum atomic E-state index is 13.2. The average Bonchev–Trinajstić information content (AvgIpc) is 3.38. The Kier molecular flexibility index (Phi) is 6.99. The number of hydrogen-bond acceptors (Lipinski definition) is 8. The molecule has 33 heavy (non-hydrogen) atoms. The molecule has 0 saturated heterocycles. The molecule has 1 aliphatic rings. The normalized spacial score (nSPS) is 12.1. The summed E-state index contributed by atoms with van der Waals surface area (Å²) >= 11 is 1.54. The van der Waals surface area contributed by atoms with Crippen LogP contribution < -0.4 is 23.8 Å². The van der Waals surface area contributed by atoms with Gasteiger partial charge in [0.2, 0.25) is 0 Å². The van der Waals surface area contributed by atoms with Gasteiger partial charge in [0.15, 0.2) is 18.1 Å². The molecular weight excluding hydrogens is 446 g/mol. The molecule has 1 aliphatic heterocycles. The van der Waals surface area contributed by atoms with Gasteiger partial charge in [-0.2, -0.15) is 0 Å². The Morgan fingerprint density at radius 1 is 0.970 bits per heavy atom. The summed E-state index contributed by atoms with van der Waals surface area (Å²) in [6.45, 7) is 0.824. The minimum Gasteiger partial charge on any atom is -0.497 e. The summed E-state index contributed by atoms with van der Waals surface area (Å²) in [7, 11) is 2.98. The predicted octanol–water partition coefficient (Wildman–Crippen LogP) is 3.93. The van der Waals surface area contributed by atoms with Crippen LogP contribution in [0.25, 0.3) is 0 Å². The van der Waals surface area contributed by atoms with Crippen molar-refractivity contribution in [3.05, 3.63) is 64.4 Å². The van der Waals surface area contributed by atoms with E-state index in [0.717, 1.165) is 4.88 Å². The third-order valence-corrected chi connectivity index (χ3v) is 5.81. The van der Waals surface area contributed by atoms with Crippen molar-refractivity contribution in [2.24, 2.45) is 0 Å².